The van der Waals surface area contributed by atoms with E-state index >= 15 is 0 Å². The zero-order chi connectivity index (χ0) is 19.6. The summed E-state index contributed by atoms with van der Waals surface area (Å²) in [7, 11) is 1.64. The first-order chi connectivity index (χ1) is 12.9. The first-order valence-corrected chi connectivity index (χ1v) is 9.47. The van der Waals surface area contributed by atoms with Crippen LogP contribution in [0.4, 0.5) is 0 Å². The molecule has 4 heteroatoms. The van der Waals surface area contributed by atoms with Gasteiger partial charge in [0.15, 0.2) is 0 Å². The Morgan fingerprint density at radius 3 is 2.56 bits per heavy atom. The normalized spacial score (nSPS) is 23.1. The molecule has 0 amide bonds. The second-order valence-corrected chi connectivity index (χ2v) is 7.53. The van der Waals surface area contributed by atoms with Crippen molar-refractivity contribution >= 4 is 22.9 Å². The number of methoxy groups -OCH3 is 1. The van der Waals surface area contributed by atoms with Crippen LogP contribution in [0.15, 0.2) is 64.8 Å². The van der Waals surface area contributed by atoms with Gasteiger partial charge in [-0.15, -0.1) is 11.6 Å². The minimum atomic E-state index is -0.115. The lowest BCUT2D eigenvalue weighted by atomic mass is 9.81. The number of hydrogen-bond acceptors (Lipinski definition) is 3. The van der Waals surface area contributed by atoms with Crippen molar-refractivity contribution in [1.29, 1.82) is 10.7 Å². The van der Waals surface area contributed by atoms with E-state index in [1.165, 1.54) is 0 Å². The number of hydrogen-bond donors (Lipinski definition) is 1. The average molecular weight is 379 g/mol. The SMILES string of the molecule is COc1ccc(C2=C(C3=CC(Cl)C(C)C=C3C)C(C#N)=CCC(=N)C2)cc1. The highest BCUT2D eigenvalue weighted by Gasteiger charge is 2.26. The second-order valence-electron chi connectivity index (χ2n) is 7.03. The van der Waals surface area contributed by atoms with E-state index in [9.17, 15) is 5.26 Å². The molecular formula is C23H23ClN2O. The summed E-state index contributed by atoms with van der Waals surface area (Å²) in [6, 6.07) is 10.2. The van der Waals surface area contributed by atoms with Crippen molar-refractivity contribution in [3.63, 3.8) is 0 Å². The van der Waals surface area contributed by atoms with Crippen LogP contribution in [-0.4, -0.2) is 18.2 Å². The molecule has 3 rings (SSSR count). The molecule has 2 atom stereocenters. The van der Waals surface area contributed by atoms with Crippen molar-refractivity contribution in [2.24, 2.45) is 5.92 Å². The average Bonchev–Trinajstić information content (AvgIpc) is 2.83. The zero-order valence-electron chi connectivity index (χ0n) is 15.8. The first-order valence-electron chi connectivity index (χ1n) is 9.04. The largest absolute Gasteiger partial charge is 0.497 e. The fourth-order valence-corrected chi connectivity index (χ4v) is 3.81. The third-order valence-corrected chi connectivity index (χ3v) is 5.63. The molecule has 0 saturated carbocycles. The molecule has 27 heavy (non-hydrogen) atoms. The Hall–Kier alpha value is -2.57. The molecule has 0 saturated heterocycles. The smallest absolute Gasteiger partial charge is 0.118 e. The maximum atomic E-state index is 9.83. The van der Waals surface area contributed by atoms with Crippen LogP contribution in [0.25, 0.3) is 5.57 Å². The van der Waals surface area contributed by atoms with Gasteiger partial charge in [0.25, 0.3) is 0 Å². The second kappa shape index (κ2) is 7.98. The number of nitriles is 1. The highest BCUT2D eigenvalue weighted by molar-refractivity contribution is 6.22. The third-order valence-electron chi connectivity index (χ3n) is 5.11. The molecule has 0 radical (unpaired) electrons. The minimum Gasteiger partial charge on any atom is -0.497 e. The Kier molecular flexibility index (Phi) is 5.68. The molecule has 3 nitrogen and oxygen atoms in total. The molecular weight excluding hydrogens is 356 g/mol. The van der Waals surface area contributed by atoms with Gasteiger partial charge in [0.05, 0.1) is 24.1 Å². The molecule has 1 aromatic rings. The van der Waals surface area contributed by atoms with E-state index in [2.05, 4.69) is 32.1 Å². The van der Waals surface area contributed by atoms with Crippen molar-refractivity contribution in [2.45, 2.75) is 32.1 Å². The summed E-state index contributed by atoms with van der Waals surface area (Å²) in [5, 5.41) is 18.0. The van der Waals surface area contributed by atoms with Crippen molar-refractivity contribution in [3.8, 4) is 11.8 Å². The summed E-state index contributed by atoms with van der Waals surface area (Å²) >= 11 is 6.54. The number of rotatable bonds is 3. The summed E-state index contributed by atoms with van der Waals surface area (Å²) in [5.74, 6) is 1.03. The summed E-state index contributed by atoms with van der Waals surface area (Å²) in [4.78, 5) is 0. The van der Waals surface area contributed by atoms with Crippen molar-refractivity contribution in [3.05, 3.63) is 70.3 Å². The summed E-state index contributed by atoms with van der Waals surface area (Å²) in [6.07, 6.45) is 7.08. The zero-order valence-corrected chi connectivity index (χ0v) is 16.6. The monoisotopic (exact) mass is 378 g/mol. The summed E-state index contributed by atoms with van der Waals surface area (Å²) < 4.78 is 5.27. The van der Waals surface area contributed by atoms with Crippen LogP contribution in [0.3, 0.4) is 0 Å². The predicted molar refractivity (Wildman–Crippen MR) is 111 cm³/mol. The maximum Gasteiger partial charge on any atom is 0.118 e. The number of ether oxygens (including phenoxy) is 1. The lowest BCUT2D eigenvalue weighted by Crippen LogP contribution is -2.14. The molecule has 1 N–H and O–H groups in total. The molecule has 0 aliphatic heterocycles. The lowest BCUT2D eigenvalue weighted by Gasteiger charge is -2.25. The van der Waals surface area contributed by atoms with Crippen LogP contribution >= 0.6 is 11.6 Å². The van der Waals surface area contributed by atoms with E-state index in [1.54, 1.807) is 7.11 Å². The number of halogens is 1. The number of benzene rings is 1. The van der Waals surface area contributed by atoms with Gasteiger partial charge < -0.3 is 10.1 Å². The van der Waals surface area contributed by atoms with Gasteiger partial charge in [-0.25, -0.2) is 0 Å². The number of nitrogens with zero attached hydrogens (tertiary/aromatic N) is 1. The summed E-state index contributed by atoms with van der Waals surface area (Å²) in [6.45, 7) is 4.16. The van der Waals surface area contributed by atoms with E-state index in [4.69, 9.17) is 21.7 Å². The molecule has 0 fully saturated rings. The highest BCUT2D eigenvalue weighted by Crippen LogP contribution is 2.40. The van der Waals surface area contributed by atoms with E-state index in [0.717, 1.165) is 33.6 Å². The van der Waals surface area contributed by atoms with Gasteiger partial charge in [0.2, 0.25) is 0 Å². The van der Waals surface area contributed by atoms with Gasteiger partial charge in [-0.2, -0.15) is 5.26 Å². The van der Waals surface area contributed by atoms with Crippen LogP contribution < -0.4 is 4.74 Å². The minimum absolute atomic E-state index is 0.115. The van der Waals surface area contributed by atoms with Gasteiger partial charge in [-0.05, 0) is 47.3 Å². The highest BCUT2D eigenvalue weighted by atomic mass is 35.5. The van der Waals surface area contributed by atoms with Gasteiger partial charge in [-0.3, -0.25) is 0 Å². The van der Waals surface area contributed by atoms with Gasteiger partial charge >= 0.3 is 0 Å². The molecule has 0 bridgehead atoms. The molecule has 0 aromatic heterocycles. The van der Waals surface area contributed by atoms with E-state index in [-0.39, 0.29) is 11.3 Å². The predicted octanol–water partition coefficient (Wildman–Crippen LogP) is 5.84. The first kappa shape index (κ1) is 19.2. The Bertz CT molecular complexity index is 926. The molecule has 138 valence electrons. The van der Waals surface area contributed by atoms with Crippen LogP contribution in [0.5, 0.6) is 5.75 Å². The Labute approximate surface area is 165 Å². The Morgan fingerprint density at radius 2 is 1.93 bits per heavy atom. The topological polar surface area (TPSA) is 56.9 Å². The van der Waals surface area contributed by atoms with Gasteiger partial charge in [-0.1, -0.05) is 37.3 Å². The number of nitrogens with one attached hydrogen (secondary N) is 1. The van der Waals surface area contributed by atoms with Crippen LogP contribution in [0.1, 0.15) is 32.3 Å². The summed E-state index contributed by atoms with van der Waals surface area (Å²) in [5.41, 5.74) is 6.22. The molecule has 2 aliphatic carbocycles. The standard InChI is InChI=1S/C23H23ClN2O/c1-14-10-15(2)22(24)12-20(14)23-17(13-25)4-7-18(26)11-21(23)16-5-8-19(27-3)9-6-16/h4-6,8-10,12,15,22,26H,7,11H2,1-3H3. The van der Waals surface area contributed by atoms with Gasteiger partial charge in [0, 0.05) is 24.1 Å². The molecule has 2 aliphatic rings. The quantitative estimate of drug-likeness (QED) is 0.671. The van der Waals surface area contributed by atoms with Gasteiger partial charge in [0.1, 0.15) is 5.75 Å². The van der Waals surface area contributed by atoms with Crippen molar-refractivity contribution in [2.75, 3.05) is 7.11 Å². The van der Waals surface area contributed by atoms with E-state index < -0.39 is 0 Å². The van der Waals surface area contributed by atoms with Crippen LogP contribution in [-0.2, 0) is 0 Å². The van der Waals surface area contributed by atoms with Crippen LogP contribution in [0.2, 0.25) is 0 Å². The molecule has 2 unspecified atom stereocenters. The van der Waals surface area contributed by atoms with Crippen molar-refractivity contribution < 1.29 is 4.74 Å². The lowest BCUT2D eigenvalue weighted by molar-refractivity contribution is 0.415. The van der Waals surface area contributed by atoms with Crippen LogP contribution in [0, 0.1) is 22.7 Å². The van der Waals surface area contributed by atoms with Crippen molar-refractivity contribution in [1.82, 2.24) is 0 Å². The molecule has 1 aromatic carbocycles. The third kappa shape index (κ3) is 3.91. The fraction of sp³-hybridized carbons (Fsp3) is 0.304. The van der Waals surface area contributed by atoms with E-state index in [1.807, 2.05) is 30.3 Å². The number of alkyl halides is 1. The number of allylic oxidation sites excluding steroid dienone is 8. The fourth-order valence-electron chi connectivity index (χ4n) is 3.61. The maximum absolute atomic E-state index is 9.83. The molecule has 0 heterocycles. The molecule has 0 spiro atoms. The Balaban J connectivity index is 2.25. The Morgan fingerprint density at radius 1 is 1.22 bits per heavy atom. The van der Waals surface area contributed by atoms with E-state index in [0.29, 0.717) is 24.1 Å².